The van der Waals surface area contributed by atoms with Gasteiger partial charge in [0.05, 0.1) is 11.2 Å². The summed E-state index contributed by atoms with van der Waals surface area (Å²) in [7, 11) is -0.856. The van der Waals surface area contributed by atoms with Gasteiger partial charge in [-0.05, 0) is 60.4 Å². The van der Waals surface area contributed by atoms with Crippen molar-refractivity contribution in [2.24, 2.45) is 0 Å². The number of halogens is 3. The van der Waals surface area contributed by atoms with Crippen molar-refractivity contribution in [1.29, 1.82) is 0 Å². The predicted molar refractivity (Wildman–Crippen MR) is 91.6 cm³/mol. The lowest BCUT2D eigenvalue weighted by Crippen LogP contribution is -2.53. The lowest BCUT2D eigenvalue weighted by Gasteiger charge is -2.37. The molecule has 0 N–H and O–H groups in total. The van der Waals surface area contributed by atoms with Crippen molar-refractivity contribution in [2.45, 2.75) is 83.9 Å². The van der Waals surface area contributed by atoms with E-state index in [1.54, 1.807) is 26.8 Å². The Morgan fingerprint density at radius 3 is 2.12 bits per heavy atom. The van der Waals surface area contributed by atoms with Gasteiger partial charge >= 0.3 is 19.4 Å². The van der Waals surface area contributed by atoms with Gasteiger partial charge in [-0.3, -0.25) is 4.90 Å². The summed E-state index contributed by atoms with van der Waals surface area (Å²) in [5.41, 5.74) is -1.77. The van der Waals surface area contributed by atoms with Gasteiger partial charge in [-0.25, -0.2) is 4.79 Å². The van der Waals surface area contributed by atoms with Gasteiger partial charge in [0, 0.05) is 6.54 Å². The molecule has 5 nitrogen and oxygen atoms in total. The van der Waals surface area contributed by atoms with E-state index < -0.39 is 48.7 Å². The molecule has 1 atom stereocenters. The standard InChI is InChI=1S/C17H27BF3NO4/c1-14(2,3)24-13(23)22-9-8-11(10-12(22)17(19,20)21)18-25-15(4,5)16(6,7)26-18/h8,12H,9-10H2,1-7H3. The van der Waals surface area contributed by atoms with Gasteiger partial charge in [0.2, 0.25) is 0 Å². The highest BCUT2D eigenvalue weighted by molar-refractivity contribution is 6.54. The number of ether oxygens (including phenoxy) is 1. The quantitative estimate of drug-likeness (QED) is 0.646. The zero-order valence-electron chi connectivity index (χ0n) is 16.4. The van der Waals surface area contributed by atoms with Gasteiger partial charge in [0.1, 0.15) is 11.6 Å². The fourth-order valence-electron chi connectivity index (χ4n) is 2.76. The Balaban J connectivity index is 2.23. The zero-order valence-corrected chi connectivity index (χ0v) is 16.4. The van der Waals surface area contributed by atoms with E-state index in [2.05, 4.69) is 0 Å². The molecule has 0 bridgehead atoms. The van der Waals surface area contributed by atoms with Gasteiger partial charge in [0.25, 0.3) is 0 Å². The van der Waals surface area contributed by atoms with E-state index >= 15 is 0 Å². The fraction of sp³-hybridized carbons (Fsp3) is 0.824. The van der Waals surface area contributed by atoms with Crippen molar-refractivity contribution in [1.82, 2.24) is 4.90 Å². The molecule has 1 amide bonds. The van der Waals surface area contributed by atoms with Gasteiger partial charge in [0.15, 0.2) is 0 Å². The summed E-state index contributed by atoms with van der Waals surface area (Å²) < 4.78 is 57.6. The van der Waals surface area contributed by atoms with E-state index in [9.17, 15) is 18.0 Å². The molecule has 9 heteroatoms. The van der Waals surface area contributed by atoms with Crippen molar-refractivity contribution in [3.05, 3.63) is 11.5 Å². The number of carbonyl (C=O) groups excluding carboxylic acids is 1. The SMILES string of the molecule is CC(C)(C)OC(=O)N1CC=C(B2OC(C)(C)C(C)(C)O2)CC1C(F)(F)F. The molecule has 1 unspecified atom stereocenters. The van der Waals surface area contributed by atoms with E-state index in [0.717, 1.165) is 0 Å². The Morgan fingerprint density at radius 1 is 1.19 bits per heavy atom. The van der Waals surface area contributed by atoms with Crippen LogP contribution in [0, 0.1) is 0 Å². The first-order valence-electron chi connectivity index (χ1n) is 8.64. The Bertz CT molecular complexity index is 580. The Kier molecular flexibility index (Phi) is 5.22. The second-order valence-electron chi connectivity index (χ2n) is 8.76. The molecule has 0 aliphatic carbocycles. The molecular formula is C17H27BF3NO4. The van der Waals surface area contributed by atoms with Gasteiger partial charge in [-0.1, -0.05) is 6.08 Å². The minimum atomic E-state index is -4.58. The molecule has 2 aliphatic heterocycles. The fourth-order valence-corrected chi connectivity index (χ4v) is 2.76. The molecule has 0 aromatic heterocycles. The Labute approximate surface area is 153 Å². The summed E-state index contributed by atoms with van der Waals surface area (Å²) >= 11 is 0. The monoisotopic (exact) mass is 377 g/mol. The van der Waals surface area contributed by atoms with E-state index in [-0.39, 0.29) is 6.54 Å². The van der Waals surface area contributed by atoms with Crippen LogP contribution in [0.25, 0.3) is 0 Å². The van der Waals surface area contributed by atoms with Crippen LogP contribution in [-0.2, 0) is 14.0 Å². The lowest BCUT2D eigenvalue weighted by atomic mass is 9.73. The van der Waals surface area contributed by atoms with Crippen molar-refractivity contribution in [2.75, 3.05) is 6.54 Å². The summed E-state index contributed by atoms with van der Waals surface area (Å²) in [6.07, 6.45) is -4.41. The number of hydrogen-bond acceptors (Lipinski definition) is 4. The number of rotatable bonds is 1. The summed E-state index contributed by atoms with van der Waals surface area (Å²) in [5, 5.41) is 0. The summed E-state index contributed by atoms with van der Waals surface area (Å²) in [6.45, 7) is 12.0. The van der Waals surface area contributed by atoms with Crippen LogP contribution in [-0.4, -0.2) is 53.7 Å². The molecule has 0 aromatic rings. The van der Waals surface area contributed by atoms with Crippen LogP contribution in [0.2, 0.25) is 0 Å². The maximum absolute atomic E-state index is 13.6. The van der Waals surface area contributed by atoms with Crippen molar-refractivity contribution in [3.8, 4) is 0 Å². The third-order valence-electron chi connectivity index (χ3n) is 4.92. The normalized spacial score (nSPS) is 25.9. The minimum Gasteiger partial charge on any atom is -0.444 e. The maximum Gasteiger partial charge on any atom is 0.490 e. The molecule has 1 saturated heterocycles. The number of hydrogen-bond donors (Lipinski definition) is 0. The van der Waals surface area contributed by atoms with E-state index in [1.165, 1.54) is 0 Å². The minimum absolute atomic E-state index is 0.210. The largest absolute Gasteiger partial charge is 0.490 e. The van der Waals surface area contributed by atoms with Crippen LogP contribution >= 0.6 is 0 Å². The van der Waals surface area contributed by atoms with Crippen molar-refractivity contribution >= 4 is 13.2 Å². The third kappa shape index (κ3) is 4.36. The summed E-state index contributed by atoms with van der Waals surface area (Å²) in [6, 6.07) is -1.98. The molecule has 148 valence electrons. The van der Waals surface area contributed by atoms with Gasteiger partial charge in [-0.2, -0.15) is 13.2 Å². The average Bonchev–Trinajstić information content (AvgIpc) is 2.64. The highest BCUT2D eigenvalue weighted by atomic mass is 19.4. The maximum atomic E-state index is 13.6. The second kappa shape index (κ2) is 6.44. The molecule has 0 aromatic carbocycles. The second-order valence-corrected chi connectivity index (χ2v) is 8.76. The Morgan fingerprint density at radius 2 is 1.69 bits per heavy atom. The van der Waals surface area contributed by atoms with Crippen LogP contribution in [0.1, 0.15) is 54.9 Å². The van der Waals surface area contributed by atoms with E-state index in [0.29, 0.717) is 10.4 Å². The molecule has 0 radical (unpaired) electrons. The Hall–Kier alpha value is -1.22. The molecule has 0 saturated carbocycles. The number of carbonyl (C=O) groups is 1. The molecule has 1 fully saturated rings. The van der Waals surface area contributed by atoms with Crippen molar-refractivity contribution in [3.63, 3.8) is 0 Å². The van der Waals surface area contributed by atoms with Crippen molar-refractivity contribution < 1.29 is 32.0 Å². The first-order chi connectivity index (χ1) is 11.5. The van der Waals surface area contributed by atoms with E-state index in [4.69, 9.17) is 14.0 Å². The third-order valence-corrected chi connectivity index (χ3v) is 4.92. The molecule has 2 heterocycles. The first-order valence-corrected chi connectivity index (χ1v) is 8.64. The highest BCUT2D eigenvalue weighted by Crippen LogP contribution is 2.41. The molecule has 2 rings (SSSR count). The summed E-state index contributed by atoms with van der Waals surface area (Å²) in [5.74, 6) is 0. The molecular weight excluding hydrogens is 350 g/mol. The zero-order chi connectivity index (χ0) is 20.1. The van der Waals surface area contributed by atoms with Crippen LogP contribution in [0.4, 0.5) is 18.0 Å². The predicted octanol–water partition coefficient (Wildman–Crippen LogP) is 4.12. The van der Waals surface area contributed by atoms with Crippen LogP contribution < -0.4 is 0 Å². The lowest BCUT2D eigenvalue weighted by molar-refractivity contribution is -0.180. The average molecular weight is 377 g/mol. The number of nitrogens with zero attached hydrogens (tertiary/aromatic N) is 1. The van der Waals surface area contributed by atoms with Crippen LogP contribution in [0.15, 0.2) is 11.5 Å². The van der Waals surface area contributed by atoms with Gasteiger partial charge in [-0.15, -0.1) is 0 Å². The molecule has 26 heavy (non-hydrogen) atoms. The van der Waals surface area contributed by atoms with Gasteiger partial charge < -0.3 is 14.0 Å². The molecule has 2 aliphatic rings. The highest BCUT2D eigenvalue weighted by Gasteiger charge is 2.55. The number of amides is 1. The summed E-state index contributed by atoms with van der Waals surface area (Å²) in [4.78, 5) is 12.9. The smallest absolute Gasteiger partial charge is 0.444 e. The van der Waals surface area contributed by atoms with E-state index in [1.807, 2.05) is 27.7 Å². The molecule has 0 spiro atoms. The van der Waals surface area contributed by atoms with Crippen LogP contribution in [0.5, 0.6) is 0 Å². The number of alkyl halides is 3. The topological polar surface area (TPSA) is 48.0 Å². The van der Waals surface area contributed by atoms with Crippen LogP contribution in [0.3, 0.4) is 0 Å². The first kappa shape index (κ1) is 21.1.